The van der Waals surface area contributed by atoms with Crippen molar-refractivity contribution in [2.75, 3.05) is 6.54 Å². The third-order valence-electron chi connectivity index (χ3n) is 2.91. The van der Waals surface area contributed by atoms with Gasteiger partial charge in [-0.25, -0.2) is 0 Å². The van der Waals surface area contributed by atoms with Crippen LogP contribution in [0.25, 0.3) is 0 Å². The van der Waals surface area contributed by atoms with Gasteiger partial charge in [0.05, 0.1) is 17.3 Å². The number of halogens is 4. The lowest BCUT2D eigenvalue weighted by Gasteiger charge is -2.18. The number of rotatable bonds is 5. The minimum Gasteiger partial charge on any atom is -0.304 e. The molecule has 0 fully saturated rings. The van der Waals surface area contributed by atoms with E-state index in [0.717, 1.165) is 34.6 Å². The number of nitrogens with one attached hydrogen (secondary N) is 1. The van der Waals surface area contributed by atoms with E-state index in [1.807, 2.05) is 18.4 Å². The highest BCUT2D eigenvalue weighted by Crippen LogP contribution is 2.34. The molecule has 2 aromatic heterocycles. The molecule has 0 radical (unpaired) electrons. The van der Waals surface area contributed by atoms with Gasteiger partial charge in [-0.1, -0.05) is 6.92 Å². The molecule has 2 rings (SSSR count). The molecule has 0 aliphatic rings. The van der Waals surface area contributed by atoms with Crippen LogP contribution in [0, 0.1) is 0 Å². The maximum Gasteiger partial charge on any atom is 0.417 e. The smallest absolute Gasteiger partial charge is 0.304 e. The Labute approximate surface area is 133 Å². The molecule has 1 atom stereocenters. The van der Waals surface area contributed by atoms with Gasteiger partial charge in [-0.2, -0.15) is 13.2 Å². The Morgan fingerprint density at radius 3 is 2.57 bits per heavy atom. The predicted molar refractivity (Wildman–Crippen MR) is 81.4 cm³/mol. The van der Waals surface area contributed by atoms with Crippen molar-refractivity contribution in [3.63, 3.8) is 0 Å². The Morgan fingerprint density at radius 1 is 1.33 bits per heavy atom. The second-order valence-corrected chi connectivity index (χ2v) is 6.29. The van der Waals surface area contributed by atoms with Crippen LogP contribution in [0.2, 0.25) is 0 Å². The fraction of sp³-hybridized carbons (Fsp3) is 0.357. The quantitative estimate of drug-likeness (QED) is 0.790. The van der Waals surface area contributed by atoms with Crippen molar-refractivity contribution >= 4 is 27.3 Å². The maximum absolute atomic E-state index is 12.6. The third kappa shape index (κ3) is 4.05. The summed E-state index contributed by atoms with van der Waals surface area (Å²) in [5.41, 5.74) is -0.148. The molecule has 0 aromatic carbocycles. The van der Waals surface area contributed by atoms with Crippen LogP contribution in [0.3, 0.4) is 0 Å². The first-order valence-corrected chi connectivity index (χ1v) is 8.10. The molecule has 0 saturated carbocycles. The highest BCUT2D eigenvalue weighted by Gasteiger charge is 2.31. The molecule has 2 nitrogen and oxygen atoms in total. The Hall–Kier alpha value is -0.920. The third-order valence-corrected chi connectivity index (χ3v) is 4.85. The van der Waals surface area contributed by atoms with Gasteiger partial charge in [0.2, 0.25) is 0 Å². The first-order valence-electron chi connectivity index (χ1n) is 6.43. The molecule has 2 aromatic rings. The van der Waals surface area contributed by atoms with Crippen LogP contribution >= 0.6 is 27.3 Å². The van der Waals surface area contributed by atoms with Crippen molar-refractivity contribution in [2.45, 2.75) is 25.6 Å². The van der Waals surface area contributed by atoms with E-state index in [1.54, 1.807) is 11.3 Å². The summed E-state index contributed by atoms with van der Waals surface area (Å²) in [6.45, 7) is 2.80. The van der Waals surface area contributed by atoms with E-state index >= 15 is 0 Å². The average molecular weight is 379 g/mol. The molecule has 114 valence electrons. The molecule has 0 aliphatic carbocycles. The summed E-state index contributed by atoms with van der Waals surface area (Å²) in [5, 5.41) is 5.26. The predicted octanol–water partition coefficient (Wildman–Crippen LogP) is 5.01. The molecule has 0 spiro atoms. The van der Waals surface area contributed by atoms with Gasteiger partial charge in [-0.05, 0) is 52.5 Å². The van der Waals surface area contributed by atoms with E-state index in [9.17, 15) is 13.2 Å². The van der Waals surface area contributed by atoms with Crippen molar-refractivity contribution < 1.29 is 13.2 Å². The highest BCUT2D eigenvalue weighted by molar-refractivity contribution is 9.10. The number of hydrogen-bond acceptors (Lipinski definition) is 3. The van der Waals surface area contributed by atoms with Gasteiger partial charge in [-0.3, -0.25) is 4.98 Å². The lowest BCUT2D eigenvalue weighted by Crippen LogP contribution is -2.23. The van der Waals surface area contributed by atoms with Gasteiger partial charge in [0, 0.05) is 15.5 Å². The summed E-state index contributed by atoms with van der Waals surface area (Å²) in [7, 11) is 0. The molecule has 21 heavy (non-hydrogen) atoms. The second kappa shape index (κ2) is 6.89. The van der Waals surface area contributed by atoms with E-state index in [-0.39, 0.29) is 6.04 Å². The fourth-order valence-corrected chi connectivity index (χ4v) is 3.56. The van der Waals surface area contributed by atoms with Crippen LogP contribution < -0.4 is 5.32 Å². The fourth-order valence-electron chi connectivity index (χ4n) is 1.88. The number of aromatic nitrogens is 1. The molecule has 0 amide bonds. The molecule has 0 aliphatic heterocycles. The molecule has 1 unspecified atom stereocenters. The molecular formula is C14H14BrF3N2S. The van der Waals surface area contributed by atoms with Gasteiger partial charge < -0.3 is 5.32 Å². The maximum atomic E-state index is 12.6. The van der Waals surface area contributed by atoms with Crippen molar-refractivity contribution in [3.8, 4) is 0 Å². The second-order valence-electron chi connectivity index (χ2n) is 4.49. The van der Waals surface area contributed by atoms with Crippen LogP contribution in [0.5, 0.6) is 0 Å². The van der Waals surface area contributed by atoms with Crippen LogP contribution in [-0.4, -0.2) is 11.5 Å². The van der Waals surface area contributed by atoms with Crippen molar-refractivity contribution in [2.24, 2.45) is 0 Å². The summed E-state index contributed by atoms with van der Waals surface area (Å²) >= 11 is 5.01. The lowest BCUT2D eigenvalue weighted by molar-refractivity contribution is -0.137. The lowest BCUT2D eigenvalue weighted by atomic mass is 10.1. The number of hydrogen-bond donors (Lipinski definition) is 1. The van der Waals surface area contributed by atoms with Gasteiger partial charge in [0.1, 0.15) is 0 Å². The van der Waals surface area contributed by atoms with Crippen molar-refractivity contribution in [1.29, 1.82) is 0 Å². The molecular weight excluding hydrogens is 365 g/mol. The molecule has 0 bridgehead atoms. The molecule has 1 N–H and O–H groups in total. The Morgan fingerprint density at radius 2 is 2.10 bits per heavy atom. The Kier molecular flexibility index (Phi) is 5.40. The Balaban J connectivity index is 2.31. The molecule has 2 heterocycles. The zero-order valence-corrected chi connectivity index (χ0v) is 13.6. The summed E-state index contributed by atoms with van der Waals surface area (Å²) in [4.78, 5) is 5.01. The first kappa shape index (κ1) is 16.5. The zero-order valence-electron chi connectivity index (χ0n) is 11.2. The van der Waals surface area contributed by atoms with E-state index < -0.39 is 11.7 Å². The highest BCUT2D eigenvalue weighted by atomic mass is 79.9. The zero-order chi connectivity index (χ0) is 15.5. The van der Waals surface area contributed by atoms with Gasteiger partial charge in [0.15, 0.2) is 0 Å². The van der Waals surface area contributed by atoms with E-state index in [1.165, 1.54) is 6.07 Å². The minimum atomic E-state index is -4.36. The normalized spacial score (nSPS) is 13.4. The summed E-state index contributed by atoms with van der Waals surface area (Å²) in [5.74, 6) is 0. The Bertz CT molecular complexity index is 581. The van der Waals surface area contributed by atoms with Crippen LogP contribution in [-0.2, 0) is 6.18 Å². The van der Waals surface area contributed by atoms with Crippen LogP contribution in [0.4, 0.5) is 13.2 Å². The SMILES string of the molecule is CCCNC(c1ccc(C(F)(F)F)cn1)c1sccc1Br. The number of nitrogens with zero attached hydrogens (tertiary/aromatic N) is 1. The number of alkyl halides is 3. The topological polar surface area (TPSA) is 24.9 Å². The van der Waals surface area contributed by atoms with Gasteiger partial charge >= 0.3 is 6.18 Å². The first-order chi connectivity index (χ1) is 9.93. The molecule has 0 saturated heterocycles. The molecule has 7 heteroatoms. The number of thiophene rings is 1. The van der Waals surface area contributed by atoms with Crippen LogP contribution in [0.15, 0.2) is 34.2 Å². The summed E-state index contributed by atoms with van der Waals surface area (Å²) in [6.07, 6.45) is -2.54. The van der Waals surface area contributed by atoms with Crippen molar-refractivity contribution in [1.82, 2.24) is 10.3 Å². The average Bonchev–Trinajstić information content (AvgIpc) is 2.85. The van der Waals surface area contributed by atoms with Crippen LogP contribution in [0.1, 0.15) is 35.5 Å². The number of pyridine rings is 1. The van der Waals surface area contributed by atoms with E-state index in [2.05, 4.69) is 26.2 Å². The minimum absolute atomic E-state index is 0.207. The standard InChI is InChI=1S/C14H14BrF3N2S/c1-2-6-19-12(13-10(15)5-7-21-13)11-4-3-9(8-20-11)14(16,17)18/h3-5,7-8,12,19H,2,6H2,1H3. The largest absolute Gasteiger partial charge is 0.417 e. The van der Waals surface area contributed by atoms with E-state index in [4.69, 9.17) is 0 Å². The van der Waals surface area contributed by atoms with Gasteiger partial charge in [-0.15, -0.1) is 11.3 Å². The van der Waals surface area contributed by atoms with E-state index in [0.29, 0.717) is 5.69 Å². The summed E-state index contributed by atoms with van der Waals surface area (Å²) in [6, 6.07) is 4.22. The van der Waals surface area contributed by atoms with Gasteiger partial charge in [0.25, 0.3) is 0 Å². The summed E-state index contributed by atoms with van der Waals surface area (Å²) < 4.78 is 38.7. The van der Waals surface area contributed by atoms with Crippen molar-refractivity contribution in [3.05, 3.63) is 50.4 Å². The monoisotopic (exact) mass is 378 g/mol.